The van der Waals surface area contributed by atoms with Crippen LogP contribution in [-0.4, -0.2) is 48.6 Å². The zero-order valence-electron chi connectivity index (χ0n) is 12.8. The molecule has 116 valence electrons. The molecule has 1 aromatic carbocycles. The summed E-state index contributed by atoms with van der Waals surface area (Å²) in [4.78, 5) is 13.6. The second-order valence-corrected chi connectivity index (χ2v) is 5.71. The maximum atomic E-state index is 11.4. The van der Waals surface area contributed by atoms with Crippen LogP contribution in [0.4, 0.5) is 0 Å². The van der Waals surface area contributed by atoms with Crippen LogP contribution in [-0.2, 0) is 4.79 Å². The predicted molar refractivity (Wildman–Crippen MR) is 83.2 cm³/mol. The van der Waals surface area contributed by atoms with E-state index in [4.69, 9.17) is 0 Å². The molecule has 2 rings (SSSR count). The number of carbonyl (C=O) groups is 1. The van der Waals surface area contributed by atoms with E-state index >= 15 is 0 Å². The fraction of sp³-hybridized carbons (Fsp3) is 0.562. The Hall–Kier alpha value is -1.59. The highest BCUT2D eigenvalue weighted by Crippen LogP contribution is 2.20. The fourth-order valence-electron chi connectivity index (χ4n) is 2.78. The minimum Gasteiger partial charge on any atom is -0.508 e. The zero-order valence-corrected chi connectivity index (χ0v) is 12.8. The van der Waals surface area contributed by atoms with Crippen LogP contribution >= 0.6 is 0 Å². The third-order valence-corrected chi connectivity index (χ3v) is 4.09. The van der Waals surface area contributed by atoms with Gasteiger partial charge in [-0.15, -0.1) is 0 Å². The summed E-state index contributed by atoms with van der Waals surface area (Å²) < 4.78 is 0. The van der Waals surface area contributed by atoms with Crippen molar-refractivity contribution in [1.29, 1.82) is 0 Å². The molecule has 1 fully saturated rings. The van der Waals surface area contributed by atoms with E-state index < -0.39 is 0 Å². The first-order chi connectivity index (χ1) is 10.1. The van der Waals surface area contributed by atoms with Gasteiger partial charge in [0.25, 0.3) is 0 Å². The first-order valence-corrected chi connectivity index (χ1v) is 7.56. The summed E-state index contributed by atoms with van der Waals surface area (Å²) in [6.07, 6.45) is 2.08. The van der Waals surface area contributed by atoms with Crippen molar-refractivity contribution in [3.05, 3.63) is 29.8 Å². The average molecular weight is 291 g/mol. The topological polar surface area (TPSA) is 64.6 Å². The van der Waals surface area contributed by atoms with Crippen LogP contribution in [0.3, 0.4) is 0 Å². The first kappa shape index (κ1) is 15.8. The van der Waals surface area contributed by atoms with Gasteiger partial charge in [0, 0.05) is 32.2 Å². The van der Waals surface area contributed by atoms with Gasteiger partial charge in [-0.1, -0.05) is 12.1 Å². The van der Waals surface area contributed by atoms with Crippen LogP contribution in [0.1, 0.15) is 31.4 Å². The quantitative estimate of drug-likeness (QED) is 0.764. The average Bonchev–Trinajstić information content (AvgIpc) is 2.49. The normalized spacial score (nSPS) is 18.4. The Bertz CT molecular complexity index is 470. The number of aromatic hydroxyl groups is 1. The van der Waals surface area contributed by atoms with Crippen molar-refractivity contribution in [3.8, 4) is 5.75 Å². The van der Waals surface area contributed by atoms with E-state index in [0.29, 0.717) is 18.3 Å². The second kappa shape index (κ2) is 7.43. The Morgan fingerprint density at radius 2 is 2.14 bits per heavy atom. The summed E-state index contributed by atoms with van der Waals surface area (Å²) in [5.74, 6) is 0.385. The SMILES string of the molecule is CNC(=O)CN1CCC(NC(C)c2cccc(O)c2)CC1. The van der Waals surface area contributed by atoms with Crippen molar-refractivity contribution in [3.63, 3.8) is 0 Å². The molecule has 1 aliphatic heterocycles. The molecule has 0 aliphatic carbocycles. The molecule has 1 saturated heterocycles. The number of hydrogen-bond donors (Lipinski definition) is 3. The lowest BCUT2D eigenvalue weighted by Crippen LogP contribution is -2.46. The molecule has 5 heteroatoms. The predicted octanol–water partition coefficient (Wildman–Crippen LogP) is 1.25. The smallest absolute Gasteiger partial charge is 0.233 e. The van der Waals surface area contributed by atoms with Crippen molar-refractivity contribution < 1.29 is 9.90 Å². The second-order valence-electron chi connectivity index (χ2n) is 5.71. The lowest BCUT2D eigenvalue weighted by atomic mass is 10.0. The van der Waals surface area contributed by atoms with Gasteiger partial charge < -0.3 is 15.7 Å². The highest BCUT2D eigenvalue weighted by Gasteiger charge is 2.21. The molecule has 0 saturated carbocycles. The lowest BCUT2D eigenvalue weighted by molar-refractivity contribution is -0.122. The molecule has 3 N–H and O–H groups in total. The molecule has 1 unspecified atom stereocenters. The summed E-state index contributed by atoms with van der Waals surface area (Å²) in [6, 6.07) is 8.06. The Balaban J connectivity index is 1.79. The minimum atomic E-state index is 0.0783. The van der Waals surface area contributed by atoms with Crippen LogP contribution in [0.15, 0.2) is 24.3 Å². The number of benzene rings is 1. The molecule has 1 heterocycles. The molecule has 1 aliphatic rings. The number of hydrogen-bond acceptors (Lipinski definition) is 4. The van der Waals surface area contributed by atoms with Crippen LogP contribution in [0, 0.1) is 0 Å². The number of rotatable bonds is 5. The number of piperidine rings is 1. The summed E-state index contributed by atoms with van der Waals surface area (Å²) in [5, 5.41) is 15.8. The van der Waals surface area contributed by atoms with Crippen molar-refractivity contribution in [2.45, 2.75) is 31.8 Å². The monoisotopic (exact) mass is 291 g/mol. The van der Waals surface area contributed by atoms with Crippen molar-refractivity contribution in [2.75, 3.05) is 26.7 Å². The largest absolute Gasteiger partial charge is 0.508 e. The number of nitrogens with zero attached hydrogens (tertiary/aromatic N) is 1. The number of likely N-dealkylation sites (tertiary alicyclic amines) is 1. The van der Waals surface area contributed by atoms with Gasteiger partial charge in [0.2, 0.25) is 5.91 Å². The molecule has 1 amide bonds. The molecule has 1 aromatic rings. The summed E-state index contributed by atoms with van der Waals surface area (Å²) >= 11 is 0. The fourth-order valence-corrected chi connectivity index (χ4v) is 2.78. The number of phenols is 1. The van der Waals surface area contributed by atoms with Crippen LogP contribution in [0.5, 0.6) is 5.75 Å². The molecule has 21 heavy (non-hydrogen) atoms. The number of nitrogens with one attached hydrogen (secondary N) is 2. The molecule has 0 bridgehead atoms. The highest BCUT2D eigenvalue weighted by molar-refractivity contribution is 5.77. The van der Waals surface area contributed by atoms with E-state index in [0.717, 1.165) is 31.5 Å². The molecule has 0 aromatic heterocycles. The number of carbonyl (C=O) groups excluding carboxylic acids is 1. The lowest BCUT2D eigenvalue weighted by Gasteiger charge is -2.33. The molecule has 0 radical (unpaired) electrons. The molecule has 1 atom stereocenters. The van der Waals surface area contributed by atoms with Crippen LogP contribution in [0.2, 0.25) is 0 Å². The standard InChI is InChI=1S/C16H25N3O2/c1-12(13-4-3-5-15(20)10-13)18-14-6-8-19(9-7-14)11-16(21)17-2/h3-5,10,12,14,18,20H,6-9,11H2,1-2H3,(H,17,21). The number of phenolic OH excluding ortho intramolecular Hbond substituents is 1. The van der Waals surface area contributed by atoms with Gasteiger partial charge in [0.05, 0.1) is 6.54 Å². The van der Waals surface area contributed by atoms with E-state index in [-0.39, 0.29) is 11.9 Å². The van der Waals surface area contributed by atoms with Gasteiger partial charge in [0.15, 0.2) is 0 Å². The third kappa shape index (κ3) is 4.72. The molecule has 0 spiro atoms. The van der Waals surface area contributed by atoms with Gasteiger partial charge in [-0.25, -0.2) is 0 Å². The maximum Gasteiger partial charge on any atom is 0.233 e. The third-order valence-electron chi connectivity index (χ3n) is 4.09. The Morgan fingerprint density at radius 3 is 2.76 bits per heavy atom. The minimum absolute atomic E-state index is 0.0783. The van der Waals surface area contributed by atoms with Gasteiger partial charge in [-0.05, 0) is 37.5 Å². The first-order valence-electron chi connectivity index (χ1n) is 7.56. The van der Waals surface area contributed by atoms with Gasteiger partial charge in [-0.2, -0.15) is 0 Å². The van der Waals surface area contributed by atoms with Gasteiger partial charge in [-0.3, -0.25) is 9.69 Å². The summed E-state index contributed by atoms with van der Waals surface area (Å²) in [5.41, 5.74) is 1.10. The number of amides is 1. The summed E-state index contributed by atoms with van der Waals surface area (Å²) in [6.45, 7) is 4.49. The van der Waals surface area contributed by atoms with E-state index in [9.17, 15) is 9.90 Å². The number of likely N-dealkylation sites (N-methyl/N-ethyl adjacent to an activating group) is 1. The Morgan fingerprint density at radius 1 is 1.43 bits per heavy atom. The van der Waals surface area contributed by atoms with E-state index in [1.807, 2.05) is 12.1 Å². The molecular formula is C16H25N3O2. The van der Waals surface area contributed by atoms with Gasteiger partial charge in [0.1, 0.15) is 5.75 Å². The highest BCUT2D eigenvalue weighted by atomic mass is 16.3. The van der Waals surface area contributed by atoms with Crippen molar-refractivity contribution >= 4 is 5.91 Å². The summed E-state index contributed by atoms with van der Waals surface area (Å²) in [7, 11) is 1.67. The van der Waals surface area contributed by atoms with E-state index in [2.05, 4.69) is 22.5 Å². The van der Waals surface area contributed by atoms with E-state index in [1.54, 1.807) is 19.2 Å². The van der Waals surface area contributed by atoms with Crippen LogP contribution < -0.4 is 10.6 Å². The molecular weight excluding hydrogens is 266 g/mol. The van der Waals surface area contributed by atoms with Crippen molar-refractivity contribution in [1.82, 2.24) is 15.5 Å². The van der Waals surface area contributed by atoms with Crippen molar-refractivity contribution in [2.24, 2.45) is 0 Å². The van der Waals surface area contributed by atoms with Crippen LogP contribution in [0.25, 0.3) is 0 Å². The zero-order chi connectivity index (χ0) is 15.2. The maximum absolute atomic E-state index is 11.4. The van der Waals surface area contributed by atoms with Gasteiger partial charge >= 0.3 is 0 Å². The Kier molecular flexibility index (Phi) is 5.59. The molecule has 5 nitrogen and oxygen atoms in total. The van der Waals surface area contributed by atoms with E-state index in [1.165, 1.54) is 0 Å². The Labute approximate surface area is 126 Å².